The lowest BCUT2D eigenvalue weighted by atomic mass is 10.0. The van der Waals surface area contributed by atoms with Crippen LogP contribution in [0, 0.1) is 0 Å². The van der Waals surface area contributed by atoms with Crippen molar-refractivity contribution in [2.45, 2.75) is 13.0 Å². The zero-order valence-electron chi connectivity index (χ0n) is 14.6. The Labute approximate surface area is 157 Å². The van der Waals surface area contributed by atoms with Crippen molar-refractivity contribution in [3.63, 3.8) is 0 Å². The van der Waals surface area contributed by atoms with Gasteiger partial charge in [0.2, 0.25) is 0 Å². The lowest BCUT2D eigenvalue weighted by Crippen LogP contribution is -2.26. The summed E-state index contributed by atoms with van der Waals surface area (Å²) in [5.41, 5.74) is 3.31. The first-order valence-electron chi connectivity index (χ1n) is 8.23. The number of carbonyl (C=O) groups is 1. The minimum absolute atomic E-state index is 0.156. The highest BCUT2D eigenvalue weighted by Gasteiger charge is 2.14. The van der Waals surface area contributed by atoms with Crippen molar-refractivity contribution >= 4 is 17.5 Å². The molecule has 1 aromatic heterocycles. The van der Waals surface area contributed by atoms with Crippen molar-refractivity contribution in [1.82, 2.24) is 10.3 Å². The molecule has 3 aromatic rings. The van der Waals surface area contributed by atoms with Gasteiger partial charge in [-0.2, -0.15) is 0 Å². The van der Waals surface area contributed by atoms with Gasteiger partial charge in [-0.05, 0) is 54.4 Å². The number of pyridine rings is 1. The summed E-state index contributed by atoms with van der Waals surface area (Å²) in [5.74, 6) is 0.580. The average Bonchev–Trinajstić information content (AvgIpc) is 2.68. The Balaban J connectivity index is 1.76. The van der Waals surface area contributed by atoms with Gasteiger partial charge < -0.3 is 10.1 Å². The van der Waals surface area contributed by atoms with Crippen LogP contribution in [0.5, 0.6) is 5.75 Å². The Bertz CT molecular complexity index is 913. The highest BCUT2D eigenvalue weighted by molar-refractivity contribution is 6.33. The maximum Gasteiger partial charge on any atom is 0.251 e. The van der Waals surface area contributed by atoms with E-state index < -0.39 is 0 Å². The quantitative estimate of drug-likeness (QED) is 0.698. The third-order valence-electron chi connectivity index (χ3n) is 4.16. The first-order valence-corrected chi connectivity index (χ1v) is 8.61. The molecule has 0 aliphatic carbocycles. The Morgan fingerprint density at radius 1 is 1.12 bits per heavy atom. The van der Waals surface area contributed by atoms with Crippen molar-refractivity contribution in [3.05, 3.63) is 83.1 Å². The fourth-order valence-corrected chi connectivity index (χ4v) is 2.99. The van der Waals surface area contributed by atoms with Crippen LogP contribution in [-0.4, -0.2) is 18.0 Å². The molecule has 0 aliphatic rings. The highest BCUT2D eigenvalue weighted by atomic mass is 35.5. The van der Waals surface area contributed by atoms with Crippen LogP contribution < -0.4 is 10.1 Å². The Hall–Kier alpha value is -2.85. The lowest BCUT2D eigenvalue weighted by Gasteiger charge is -2.16. The SMILES string of the molecule is COc1cccc([C@@H](C)NC(=O)c2ccc(-c3ccncc3)c(Cl)c2)c1. The first kappa shape index (κ1) is 18.0. The standard InChI is InChI=1S/C21H19ClN2O2/c1-14(16-4-3-5-18(12-16)26-2)24-21(25)17-6-7-19(20(22)13-17)15-8-10-23-11-9-15/h3-14H,1-2H3,(H,24,25)/t14-/m1/s1. The van der Waals surface area contributed by atoms with Crippen LogP contribution >= 0.6 is 11.6 Å². The number of aromatic nitrogens is 1. The maximum absolute atomic E-state index is 12.6. The zero-order valence-corrected chi connectivity index (χ0v) is 15.3. The average molecular weight is 367 g/mol. The summed E-state index contributed by atoms with van der Waals surface area (Å²) in [7, 11) is 1.62. The van der Waals surface area contributed by atoms with E-state index in [-0.39, 0.29) is 11.9 Å². The minimum Gasteiger partial charge on any atom is -0.497 e. The summed E-state index contributed by atoms with van der Waals surface area (Å²) in [6, 6.07) is 16.5. The molecule has 0 aliphatic heterocycles. The molecule has 1 atom stereocenters. The first-order chi connectivity index (χ1) is 12.6. The molecule has 0 fully saturated rings. The number of halogens is 1. The van der Waals surface area contributed by atoms with E-state index in [4.69, 9.17) is 16.3 Å². The molecular weight excluding hydrogens is 348 g/mol. The molecule has 5 heteroatoms. The second-order valence-electron chi connectivity index (χ2n) is 5.90. The third-order valence-corrected chi connectivity index (χ3v) is 4.48. The van der Waals surface area contributed by atoms with Gasteiger partial charge >= 0.3 is 0 Å². The molecule has 0 saturated heterocycles. The normalized spacial score (nSPS) is 11.7. The molecule has 1 N–H and O–H groups in total. The van der Waals surface area contributed by atoms with E-state index in [1.807, 2.05) is 49.4 Å². The van der Waals surface area contributed by atoms with Gasteiger partial charge in [0.1, 0.15) is 5.75 Å². The van der Waals surface area contributed by atoms with Gasteiger partial charge in [-0.3, -0.25) is 9.78 Å². The summed E-state index contributed by atoms with van der Waals surface area (Å²) in [6.45, 7) is 1.93. The van der Waals surface area contributed by atoms with Crippen LogP contribution in [0.15, 0.2) is 67.0 Å². The van der Waals surface area contributed by atoms with E-state index in [0.29, 0.717) is 10.6 Å². The number of amides is 1. The molecule has 0 saturated carbocycles. The monoisotopic (exact) mass is 366 g/mol. The van der Waals surface area contributed by atoms with Gasteiger partial charge in [0, 0.05) is 28.5 Å². The van der Waals surface area contributed by atoms with Gasteiger partial charge in [-0.25, -0.2) is 0 Å². The van der Waals surface area contributed by atoms with Crippen molar-refractivity contribution in [2.75, 3.05) is 7.11 Å². The third kappa shape index (κ3) is 4.03. The van der Waals surface area contributed by atoms with Crippen LogP contribution in [-0.2, 0) is 0 Å². The fraction of sp³-hybridized carbons (Fsp3) is 0.143. The molecule has 0 radical (unpaired) electrons. The number of carbonyl (C=O) groups excluding carboxylic acids is 1. The second-order valence-corrected chi connectivity index (χ2v) is 6.31. The molecular formula is C21H19ClN2O2. The van der Waals surface area contributed by atoms with Crippen molar-refractivity contribution in [3.8, 4) is 16.9 Å². The Kier molecular flexibility index (Phi) is 5.54. The Morgan fingerprint density at radius 2 is 1.88 bits per heavy atom. The molecule has 2 aromatic carbocycles. The molecule has 26 heavy (non-hydrogen) atoms. The fourth-order valence-electron chi connectivity index (χ4n) is 2.70. The topological polar surface area (TPSA) is 51.2 Å². The summed E-state index contributed by atoms with van der Waals surface area (Å²) < 4.78 is 5.23. The van der Waals surface area contributed by atoms with Crippen molar-refractivity contribution in [2.24, 2.45) is 0 Å². The molecule has 132 valence electrons. The number of rotatable bonds is 5. The predicted octanol–water partition coefficient (Wildman–Crippen LogP) is 4.90. The summed E-state index contributed by atoms with van der Waals surface area (Å²) >= 11 is 6.38. The van der Waals surface area contributed by atoms with E-state index in [0.717, 1.165) is 22.4 Å². The molecule has 1 amide bonds. The van der Waals surface area contributed by atoms with E-state index in [9.17, 15) is 4.79 Å². The number of methoxy groups -OCH3 is 1. The summed E-state index contributed by atoms with van der Waals surface area (Å²) in [4.78, 5) is 16.6. The highest BCUT2D eigenvalue weighted by Crippen LogP contribution is 2.28. The van der Waals surface area contributed by atoms with Crippen LogP contribution in [0.25, 0.3) is 11.1 Å². The number of benzene rings is 2. The molecule has 0 bridgehead atoms. The number of nitrogens with one attached hydrogen (secondary N) is 1. The molecule has 4 nitrogen and oxygen atoms in total. The lowest BCUT2D eigenvalue weighted by molar-refractivity contribution is 0.0940. The van der Waals surface area contributed by atoms with E-state index in [1.54, 1.807) is 31.6 Å². The largest absolute Gasteiger partial charge is 0.497 e. The van der Waals surface area contributed by atoms with Gasteiger partial charge in [0.05, 0.1) is 13.2 Å². The molecule has 1 heterocycles. The predicted molar refractivity (Wildman–Crippen MR) is 104 cm³/mol. The van der Waals surface area contributed by atoms with Gasteiger partial charge in [-0.1, -0.05) is 29.8 Å². The number of nitrogens with zero attached hydrogens (tertiary/aromatic N) is 1. The smallest absolute Gasteiger partial charge is 0.251 e. The second kappa shape index (κ2) is 8.02. The van der Waals surface area contributed by atoms with E-state index in [2.05, 4.69) is 10.3 Å². The van der Waals surface area contributed by atoms with Crippen molar-refractivity contribution < 1.29 is 9.53 Å². The Morgan fingerprint density at radius 3 is 2.58 bits per heavy atom. The van der Waals surface area contributed by atoms with Crippen LogP contribution in [0.2, 0.25) is 5.02 Å². The zero-order chi connectivity index (χ0) is 18.5. The molecule has 0 unspecified atom stereocenters. The summed E-state index contributed by atoms with van der Waals surface area (Å²) in [6.07, 6.45) is 3.42. The molecule has 0 spiro atoms. The maximum atomic E-state index is 12.6. The number of ether oxygens (including phenoxy) is 1. The number of hydrogen-bond donors (Lipinski definition) is 1. The van der Waals surface area contributed by atoms with Crippen LogP contribution in [0.4, 0.5) is 0 Å². The van der Waals surface area contributed by atoms with Gasteiger partial charge in [-0.15, -0.1) is 0 Å². The minimum atomic E-state index is -0.177. The van der Waals surface area contributed by atoms with Crippen LogP contribution in [0.1, 0.15) is 28.9 Å². The van der Waals surface area contributed by atoms with E-state index >= 15 is 0 Å². The summed E-state index contributed by atoms with van der Waals surface area (Å²) in [5, 5.41) is 3.51. The van der Waals surface area contributed by atoms with E-state index in [1.165, 1.54) is 0 Å². The van der Waals surface area contributed by atoms with Gasteiger partial charge in [0.15, 0.2) is 0 Å². The van der Waals surface area contributed by atoms with Crippen molar-refractivity contribution in [1.29, 1.82) is 0 Å². The number of hydrogen-bond acceptors (Lipinski definition) is 3. The molecule has 3 rings (SSSR count). The van der Waals surface area contributed by atoms with Crippen LogP contribution in [0.3, 0.4) is 0 Å². The van der Waals surface area contributed by atoms with Gasteiger partial charge in [0.25, 0.3) is 5.91 Å².